The Morgan fingerprint density at radius 1 is 1.25 bits per heavy atom. The Balaban J connectivity index is 1.69. The van der Waals surface area contributed by atoms with E-state index in [1.54, 1.807) is 21.6 Å². The average molecular weight is 527 g/mol. The second-order valence-electron chi connectivity index (χ2n) is 10.4. The normalized spacial score (nSPS) is 22.6. The molecule has 6 nitrogen and oxygen atoms in total. The van der Waals surface area contributed by atoms with E-state index in [9.17, 15) is 9.59 Å². The lowest BCUT2D eigenvalue weighted by Gasteiger charge is -2.28. The molecule has 8 heteroatoms. The molecule has 0 aromatic carbocycles. The number of hydrogen-bond acceptors (Lipinski definition) is 6. The summed E-state index contributed by atoms with van der Waals surface area (Å²) in [6, 6.07) is 4.08. The third-order valence-electron chi connectivity index (χ3n) is 7.57. The number of carbonyl (C=O) groups excluding carboxylic acids is 1. The quantitative estimate of drug-likeness (QED) is 0.301. The summed E-state index contributed by atoms with van der Waals surface area (Å²) in [5.74, 6) is 1.61. The maximum absolute atomic E-state index is 13.7. The molecule has 0 radical (unpaired) electrons. The number of fused-ring (bicyclic) bond motifs is 1. The van der Waals surface area contributed by atoms with Crippen LogP contribution < -0.4 is 10.9 Å². The third kappa shape index (κ3) is 5.86. The zero-order valence-electron chi connectivity index (χ0n) is 21.9. The first kappa shape index (κ1) is 26.9. The van der Waals surface area contributed by atoms with E-state index >= 15 is 0 Å². The van der Waals surface area contributed by atoms with Gasteiger partial charge in [0, 0.05) is 18.8 Å². The number of anilines is 1. The average Bonchev–Trinajstić information content (AvgIpc) is 3.13. The molecular weight excluding hydrogens is 488 g/mol. The number of pyridine rings is 1. The van der Waals surface area contributed by atoms with Gasteiger partial charge in [0.1, 0.15) is 15.8 Å². The van der Waals surface area contributed by atoms with Crippen LogP contribution >= 0.6 is 24.0 Å². The Hall–Kier alpha value is -2.19. The minimum absolute atomic E-state index is 0.105. The molecule has 2 aromatic rings. The van der Waals surface area contributed by atoms with Crippen molar-refractivity contribution in [3.63, 3.8) is 0 Å². The molecule has 1 saturated carbocycles. The molecule has 1 aliphatic heterocycles. The van der Waals surface area contributed by atoms with Crippen LogP contribution in [-0.2, 0) is 4.79 Å². The van der Waals surface area contributed by atoms with Gasteiger partial charge in [0.25, 0.3) is 11.5 Å². The molecule has 0 bridgehead atoms. The molecule has 1 amide bonds. The molecule has 4 rings (SSSR count). The molecule has 2 aliphatic rings. The van der Waals surface area contributed by atoms with Crippen LogP contribution in [0.25, 0.3) is 11.7 Å². The second kappa shape index (κ2) is 11.9. The van der Waals surface area contributed by atoms with Crippen LogP contribution in [0.15, 0.2) is 28.0 Å². The van der Waals surface area contributed by atoms with Gasteiger partial charge in [-0.2, -0.15) is 0 Å². The van der Waals surface area contributed by atoms with Crippen molar-refractivity contribution in [2.75, 3.05) is 11.9 Å². The molecule has 0 spiro atoms. The van der Waals surface area contributed by atoms with E-state index in [1.165, 1.54) is 11.8 Å². The Morgan fingerprint density at radius 3 is 2.69 bits per heavy atom. The fourth-order valence-corrected chi connectivity index (χ4v) is 6.37. The van der Waals surface area contributed by atoms with Gasteiger partial charge in [0.05, 0.1) is 10.5 Å². The van der Waals surface area contributed by atoms with Crippen molar-refractivity contribution in [2.45, 2.75) is 85.1 Å². The lowest BCUT2D eigenvalue weighted by molar-refractivity contribution is -0.122. The number of hydrogen-bond donors (Lipinski definition) is 1. The Kier molecular flexibility index (Phi) is 8.88. The minimum Gasteiger partial charge on any atom is -0.367 e. The third-order valence-corrected chi connectivity index (χ3v) is 8.95. The van der Waals surface area contributed by atoms with Crippen LogP contribution in [0.5, 0.6) is 0 Å². The number of amides is 1. The first-order valence-electron chi connectivity index (χ1n) is 13.4. The van der Waals surface area contributed by atoms with Crippen LogP contribution in [0, 0.1) is 18.8 Å². The monoisotopic (exact) mass is 526 g/mol. The Labute approximate surface area is 223 Å². The van der Waals surface area contributed by atoms with Crippen LogP contribution in [0.4, 0.5) is 5.82 Å². The van der Waals surface area contributed by atoms with Crippen molar-refractivity contribution in [1.82, 2.24) is 14.3 Å². The summed E-state index contributed by atoms with van der Waals surface area (Å²) >= 11 is 6.89. The summed E-state index contributed by atoms with van der Waals surface area (Å²) in [4.78, 5) is 34.2. The van der Waals surface area contributed by atoms with Gasteiger partial charge in [0.15, 0.2) is 0 Å². The number of aryl methyl sites for hydroxylation is 1. The predicted octanol–water partition coefficient (Wildman–Crippen LogP) is 6.41. The summed E-state index contributed by atoms with van der Waals surface area (Å²) in [5.41, 5.74) is 1.83. The first-order chi connectivity index (χ1) is 17.3. The van der Waals surface area contributed by atoms with Gasteiger partial charge < -0.3 is 5.32 Å². The molecule has 3 heterocycles. The van der Waals surface area contributed by atoms with E-state index in [2.05, 4.69) is 26.1 Å². The summed E-state index contributed by atoms with van der Waals surface area (Å²) in [5, 5.41) is 3.57. The largest absolute Gasteiger partial charge is 0.367 e. The molecule has 1 saturated heterocycles. The highest BCUT2D eigenvalue weighted by Crippen LogP contribution is 2.35. The van der Waals surface area contributed by atoms with Crippen molar-refractivity contribution in [1.29, 1.82) is 0 Å². The number of thiocarbonyl (C=S) groups is 1. The van der Waals surface area contributed by atoms with Crippen molar-refractivity contribution >= 4 is 51.7 Å². The van der Waals surface area contributed by atoms with Gasteiger partial charge >= 0.3 is 0 Å². The van der Waals surface area contributed by atoms with Crippen LogP contribution in [0.2, 0.25) is 0 Å². The van der Waals surface area contributed by atoms with E-state index in [-0.39, 0.29) is 17.5 Å². The molecule has 1 unspecified atom stereocenters. The maximum Gasteiger partial charge on any atom is 0.267 e. The summed E-state index contributed by atoms with van der Waals surface area (Å²) in [6.07, 6.45) is 12.3. The minimum atomic E-state index is -0.171. The number of nitrogens with zero attached hydrogens (tertiary/aromatic N) is 3. The molecule has 1 N–H and O–H groups in total. The smallest absolute Gasteiger partial charge is 0.267 e. The van der Waals surface area contributed by atoms with E-state index in [0.29, 0.717) is 38.7 Å². The Morgan fingerprint density at radius 2 is 2.00 bits per heavy atom. The molecule has 1 aliphatic carbocycles. The molecule has 2 aromatic heterocycles. The fraction of sp³-hybridized carbons (Fsp3) is 0.571. The van der Waals surface area contributed by atoms with Gasteiger partial charge in [-0.05, 0) is 68.6 Å². The number of nitrogens with one attached hydrogen (secondary N) is 1. The van der Waals surface area contributed by atoms with E-state index in [1.807, 2.05) is 19.1 Å². The van der Waals surface area contributed by atoms with Gasteiger partial charge in [-0.3, -0.25) is 18.9 Å². The predicted molar refractivity (Wildman–Crippen MR) is 154 cm³/mol. The lowest BCUT2D eigenvalue weighted by Crippen LogP contribution is -2.33. The zero-order valence-corrected chi connectivity index (χ0v) is 23.5. The SMILES string of the molecule is CCCCC(CC)CN1C(=O)C(=Cc2c(NC3CCC(C)CC3)nc3c(C)cccn3c2=O)SC1=S. The molecule has 36 heavy (non-hydrogen) atoms. The summed E-state index contributed by atoms with van der Waals surface area (Å²) in [7, 11) is 0. The first-order valence-corrected chi connectivity index (χ1v) is 14.6. The van der Waals surface area contributed by atoms with Gasteiger partial charge in [-0.15, -0.1) is 0 Å². The summed E-state index contributed by atoms with van der Waals surface area (Å²) in [6.45, 7) is 9.24. The van der Waals surface area contributed by atoms with Gasteiger partial charge in [-0.25, -0.2) is 4.98 Å². The number of carbonyl (C=O) groups is 1. The van der Waals surface area contributed by atoms with Crippen molar-refractivity contribution < 1.29 is 4.79 Å². The molecule has 2 fully saturated rings. The van der Waals surface area contributed by atoms with E-state index in [0.717, 1.165) is 62.8 Å². The van der Waals surface area contributed by atoms with Gasteiger partial charge in [0.2, 0.25) is 0 Å². The number of rotatable bonds is 9. The number of aromatic nitrogens is 2. The van der Waals surface area contributed by atoms with Crippen LogP contribution in [0.1, 0.15) is 83.3 Å². The number of unbranched alkanes of at least 4 members (excludes halogenated alkanes) is 1. The van der Waals surface area contributed by atoms with Crippen LogP contribution in [0.3, 0.4) is 0 Å². The highest BCUT2D eigenvalue weighted by Gasteiger charge is 2.34. The highest BCUT2D eigenvalue weighted by molar-refractivity contribution is 8.26. The van der Waals surface area contributed by atoms with Crippen LogP contribution in [-0.4, -0.2) is 37.1 Å². The van der Waals surface area contributed by atoms with Crippen molar-refractivity contribution in [3.05, 3.63) is 44.7 Å². The van der Waals surface area contributed by atoms with E-state index in [4.69, 9.17) is 17.2 Å². The number of thioether (sulfide) groups is 1. The van der Waals surface area contributed by atoms with Gasteiger partial charge in [-0.1, -0.05) is 70.1 Å². The van der Waals surface area contributed by atoms with Crippen molar-refractivity contribution in [2.24, 2.45) is 11.8 Å². The van der Waals surface area contributed by atoms with E-state index < -0.39 is 0 Å². The lowest BCUT2D eigenvalue weighted by atomic mass is 9.87. The van der Waals surface area contributed by atoms with Crippen molar-refractivity contribution in [3.8, 4) is 0 Å². The zero-order chi connectivity index (χ0) is 25.8. The molecule has 194 valence electrons. The second-order valence-corrected chi connectivity index (χ2v) is 12.0. The Bertz CT molecular complexity index is 1210. The fourth-order valence-electron chi connectivity index (χ4n) is 5.11. The molecular formula is C28H38N4O2S2. The molecule has 1 atom stereocenters. The highest BCUT2D eigenvalue weighted by atomic mass is 32.2. The standard InChI is InChI=1S/C28H38N4O2S2/c1-5-7-10-20(6-2)17-32-27(34)23(36-28(32)35)16-22-24(29-21-13-11-18(3)12-14-21)30-25-19(4)9-8-15-31(25)26(22)33/h8-9,15-16,18,20-21,29H,5-7,10-14,17H2,1-4H3. The topological polar surface area (TPSA) is 66.7 Å². The summed E-state index contributed by atoms with van der Waals surface area (Å²) < 4.78 is 2.15. The maximum atomic E-state index is 13.7.